The third kappa shape index (κ3) is 1.20. The zero-order valence-electron chi connectivity index (χ0n) is 7.28. The molecule has 12 heavy (non-hydrogen) atoms. The molecule has 0 bridgehead atoms. The molecule has 1 rings (SSSR count). The van der Waals surface area contributed by atoms with Crippen molar-refractivity contribution in [3.05, 3.63) is 5.82 Å². The molecule has 0 amide bonds. The number of nitrogen functional groups attached to an aromatic ring is 2. The molecule has 0 aromatic carbocycles. The van der Waals surface area contributed by atoms with Crippen LogP contribution >= 0.6 is 0 Å². The summed E-state index contributed by atoms with van der Waals surface area (Å²) in [5.41, 5.74) is 10.7. The van der Waals surface area contributed by atoms with E-state index in [0.717, 1.165) is 6.42 Å². The summed E-state index contributed by atoms with van der Waals surface area (Å²) in [6.07, 6.45) is 0.725. The second-order valence-corrected chi connectivity index (χ2v) is 3.02. The number of nitrogens with zero attached hydrogens (tertiary/aromatic N) is 3. The smallest absolute Gasteiger partial charge is 0.240 e. The van der Waals surface area contributed by atoms with Gasteiger partial charge in [-0.2, -0.15) is 0 Å². The molecule has 0 saturated heterocycles. The van der Waals surface area contributed by atoms with E-state index < -0.39 is 5.54 Å². The van der Waals surface area contributed by atoms with Gasteiger partial charge in [-0.15, -0.1) is 10.2 Å². The highest BCUT2D eigenvalue weighted by Crippen LogP contribution is 2.18. The summed E-state index contributed by atoms with van der Waals surface area (Å²) in [6.45, 7) is 3.78. The van der Waals surface area contributed by atoms with Crippen molar-refractivity contribution >= 4 is 5.95 Å². The summed E-state index contributed by atoms with van der Waals surface area (Å²) in [7, 11) is 0. The maximum absolute atomic E-state index is 5.89. The molecule has 6 nitrogen and oxygen atoms in total. The van der Waals surface area contributed by atoms with Crippen LogP contribution in [0.2, 0.25) is 0 Å². The number of nitrogens with two attached hydrogens (primary N) is 3. The van der Waals surface area contributed by atoms with Gasteiger partial charge in [0.25, 0.3) is 0 Å². The van der Waals surface area contributed by atoms with Crippen molar-refractivity contribution in [1.29, 1.82) is 0 Å². The molecule has 6 heteroatoms. The minimum Gasteiger partial charge on any atom is -0.366 e. The van der Waals surface area contributed by atoms with Crippen molar-refractivity contribution < 1.29 is 0 Å². The maximum atomic E-state index is 5.89. The number of anilines is 1. The highest BCUT2D eigenvalue weighted by atomic mass is 15.5. The SMILES string of the molecule is CCC(C)(N)c1nnc(N)n1N. The fourth-order valence-corrected chi connectivity index (χ4v) is 0.851. The van der Waals surface area contributed by atoms with E-state index in [1.807, 2.05) is 13.8 Å². The van der Waals surface area contributed by atoms with Crippen molar-refractivity contribution in [2.45, 2.75) is 25.8 Å². The first-order chi connectivity index (χ1) is 5.49. The van der Waals surface area contributed by atoms with Gasteiger partial charge >= 0.3 is 0 Å². The molecule has 0 saturated carbocycles. The molecule has 0 aliphatic carbocycles. The zero-order valence-corrected chi connectivity index (χ0v) is 7.28. The van der Waals surface area contributed by atoms with Crippen molar-refractivity contribution in [3.63, 3.8) is 0 Å². The van der Waals surface area contributed by atoms with Crippen LogP contribution in [-0.2, 0) is 5.54 Å². The Kier molecular flexibility index (Phi) is 1.93. The van der Waals surface area contributed by atoms with Crippen molar-refractivity contribution in [2.75, 3.05) is 11.6 Å². The van der Waals surface area contributed by atoms with Crippen molar-refractivity contribution in [1.82, 2.24) is 14.9 Å². The summed E-state index contributed by atoms with van der Waals surface area (Å²) in [5.74, 6) is 6.23. The fourth-order valence-electron chi connectivity index (χ4n) is 0.851. The lowest BCUT2D eigenvalue weighted by molar-refractivity contribution is 0.434. The van der Waals surface area contributed by atoms with Gasteiger partial charge in [0.1, 0.15) is 0 Å². The van der Waals surface area contributed by atoms with Gasteiger partial charge < -0.3 is 17.3 Å². The van der Waals surface area contributed by atoms with Gasteiger partial charge in [0.2, 0.25) is 5.95 Å². The van der Waals surface area contributed by atoms with Gasteiger partial charge in [0.15, 0.2) is 5.82 Å². The molecule has 1 aromatic heterocycles. The topological polar surface area (TPSA) is 109 Å². The molecule has 0 spiro atoms. The van der Waals surface area contributed by atoms with E-state index in [2.05, 4.69) is 10.2 Å². The number of rotatable bonds is 2. The molecule has 68 valence electrons. The minimum absolute atomic E-state index is 0.176. The van der Waals surface area contributed by atoms with Crippen LogP contribution in [0.5, 0.6) is 0 Å². The fraction of sp³-hybridized carbons (Fsp3) is 0.667. The van der Waals surface area contributed by atoms with Crippen LogP contribution in [0, 0.1) is 0 Å². The lowest BCUT2D eigenvalue weighted by atomic mass is 10.00. The molecule has 6 N–H and O–H groups in total. The Labute approximate surface area is 70.7 Å². The lowest BCUT2D eigenvalue weighted by Crippen LogP contribution is -2.37. The van der Waals surface area contributed by atoms with Gasteiger partial charge in [-0.05, 0) is 13.3 Å². The molecule has 1 atom stereocenters. The number of aromatic nitrogens is 3. The van der Waals surface area contributed by atoms with Gasteiger partial charge in [-0.3, -0.25) is 0 Å². The molecular weight excluding hydrogens is 156 g/mol. The summed E-state index contributed by atoms with van der Waals surface area (Å²) < 4.78 is 1.21. The van der Waals surface area contributed by atoms with Crippen LogP contribution in [0.15, 0.2) is 0 Å². The Morgan fingerprint density at radius 2 is 2.08 bits per heavy atom. The summed E-state index contributed by atoms with van der Waals surface area (Å²) in [4.78, 5) is 0. The highest BCUT2D eigenvalue weighted by Gasteiger charge is 2.25. The van der Waals surface area contributed by atoms with Crippen LogP contribution < -0.4 is 17.3 Å². The summed E-state index contributed by atoms with van der Waals surface area (Å²) >= 11 is 0. The van der Waals surface area contributed by atoms with Crippen LogP contribution in [0.4, 0.5) is 5.95 Å². The molecule has 1 aromatic rings. The van der Waals surface area contributed by atoms with Crippen LogP contribution in [0.25, 0.3) is 0 Å². The molecule has 0 aliphatic rings. The summed E-state index contributed by atoms with van der Waals surface area (Å²) in [6, 6.07) is 0. The molecule has 0 fully saturated rings. The zero-order chi connectivity index (χ0) is 9.35. The van der Waals surface area contributed by atoms with E-state index in [4.69, 9.17) is 17.3 Å². The van der Waals surface area contributed by atoms with Crippen molar-refractivity contribution in [3.8, 4) is 0 Å². The second kappa shape index (κ2) is 2.63. The predicted molar refractivity (Wildman–Crippen MR) is 46.4 cm³/mol. The molecular formula is C6H14N6. The normalized spacial score (nSPS) is 15.9. The summed E-state index contributed by atoms with van der Waals surface area (Å²) in [5, 5.41) is 7.41. The molecule has 1 unspecified atom stereocenters. The Morgan fingerprint density at radius 3 is 2.42 bits per heavy atom. The van der Waals surface area contributed by atoms with Gasteiger partial charge in [0, 0.05) is 0 Å². The van der Waals surface area contributed by atoms with E-state index >= 15 is 0 Å². The largest absolute Gasteiger partial charge is 0.366 e. The quantitative estimate of drug-likeness (QED) is 0.501. The first-order valence-corrected chi connectivity index (χ1v) is 3.74. The maximum Gasteiger partial charge on any atom is 0.240 e. The Morgan fingerprint density at radius 1 is 1.50 bits per heavy atom. The van der Waals surface area contributed by atoms with E-state index in [1.165, 1.54) is 4.68 Å². The number of hydrogen-bond acceptors (Lipinski definition) is 5. The standard InChI is InChI=1S/C6H14N6/c1-3-6(2,8)4-10-11-5(7)12(4)9/h3,8-9H2,1-2H3,(H2,7,11). The van der Waals surface area contributed by atoms with Crippen LogP contribution in [-0.4, -0.2) is 14.9 Å². The van der Waals surface area contributed by atoms with E-state index in [9.17, 15) is 0 Å². The monoisotopic (exact) mass is 170 g/mol. The van der Waals surface area contributed by atoms with Gasteiger partial charge in [0.05, 0.1) is 5.54 Å². The Bertz CT molecular complexity index is 276. The molecule has 0 radical (unpaired) electrons. The van der Waals surface area contributed by atoms with E-state index in [1.54, 1.807) is 0 Å². The van der Waals surface area contributed by atoms with Crippen LogP contribution in [0.3, 0.4) is 0 Å². The van der Waals surface area contributed by atoms with E-state index in [0.29, 0.717) is 5.82 Å². The van der Waals surface area contributed by atoms with Gasteiger partial charge in [-0.25, -0.2) is 4.68 Å². The van der Waals surface area contributed by atoms with Crippen LogP contribution in [0.1, 0.15) is 26.1 Å². The third-order valence-corrected chi connectivity index (χ3v) is 1.97. The second-order valence-electron chi connectivity index (χ2n) is 3.02. The first kappa shape index (κ1) is 8.79. The van der Waals surface area contributed by atoms with Gasteiger partial charge in [-0.1, -0.05) is 6.92 Å². The van der Waals surface area contributed by atoms with Crippen molar-refractivity contribution in [2.24, 2.45) is 5.73 Å². The minimum atomic E-state index is -0.570. The lowest BCUT2D eigenvalue weighted by Gasteiger charge is -2.20. The average Bonchev–Trinajstić information content (AvgIpc) is 2.33. The number of hydrogen-bond donors (Lipinski definition) is 3. The predicted octanol–water partition coefficient (Wildman–Crippen LogP) is -0.842. The highest BCUT2D eigenvalue weighted by molar-refractivity contribution is 5.20. The first-order valence-electron chi connectivity index (χ1n) is 3.74. The molecule has 0 aliphatic heterocycles. The average molecular weight is 170 g/mol. The molecule has 1 heterocycles. The van der Waals surface area contributed by atoms with E-state index in [-0.39, 0.29) is 5.95 Å². The Hall–Kier alpha value is -1.30. The Balaban J connectivity index is 3.11. The third-order valence-electron chi connectivity index (χ3n) is 1.97.